The Morgan fingerprint density at radius 3 is 2.68 bits per heavy atom. The Labute approximate surface area is 159 Å². The van der Waals surface area contributed by atoms with Crippen LogP contribution in [0.25, 0.3) is 10.9 Å². The number of nitrogens with one attached hydrogen (secondary N) is 1. The van der Waals surface area contributed by atoms with Crippen LogP contribution in [0.1, 0.15) is 28.9 Å². The molecule has 1 N–H and O–H groups in total. The van der Waals surface area contributed by atoms with Crippen LogP contribution in [-0.2, 0) is 6.18 Å². The Bertz CT molecular complexity index is 992. The van der Waals surface area contributed by atoms with E-state index in [1.54, 1.807) is 11.0 Å². The second-order valence-electron chi connectivity index (χ2n) is 6.76. The Hall–Kier alpha value is -3.03. The fourth-order valence-corrected chi connectivity index (χ4v) is 3.37. The molecule has 1 amide bonds. The highest BCUT2D eigenvalue weighted by molar-refractivity contribution is 5.98. The second-order valence-corrected chi connectivity index (χ2v) is 6.76. The van der Waals surface area contributed by atoms with Gasteiger partial charge in [0.15, 0.2) is 0 Å². The van der Waals surface area contributed by atoms with Crippen LogP contribution in [0.15, 0.2) is 48.8 Å². The maximum Gasteiger partial charge on any atom is 0.433 e. The molecular formula is C20H18F3N3O2. The first-order valence-electron chi connectivity index (χ1n) is 8.96. The zero-order chi connectivity index (χ0) is 19.7. The van der Waals surface area contributed by atoms with Gasteiger partial charge in [0, 0.05) is 55.5 Å². The van der Waals surface area contributed by atoms with Gasteiger partial charge in [0.1, 0.15) is 17.5 Å². The zero-order valence-electron chi connectivity index (χ0n) is 14.9. The first-order chi connectivity index (χ1) is 13.4. The molecule has 3 heterocycles. The summed E-state index contributed by atoms with van der Waals surface area (Å²) in [6, 6.07) is 9.79. The standard InChI is InChI=1S/C20H18F3N3O2/c21-20(22,23)18-12-16(4-8-25-18)28-15-5-9-26(10-6-15)19(27)14-2-1-13-3-7-24-17(13)11-14/h1-4,7-8,11-12,15,24H,5-6,9-10H2. The highest BCUT2D eigenvalue weighted by Crippen LogP contribution is 2.30. The van der Waals surface area contributed by atoms with Gasteiger partial charge in [-0.25, -0.2) is 0 Å². The molecule has 8 heteroatoms. The number of aromatic amines is 1. The number of nitrogens with zero attached hydrogens (tertiary/aromatic N) is 2. The van der Waals surface area contributed by atoms with E-state index in [0.717, 1.165) is 23.2 Å². The molecule has 2 aromatic heterocycles. The molecule has 0 unspecified atom stereocenters. The Kier molecular flexibility index (Phi) is 4.70. The number of carbonyl (C=O) groups is 1. The normalized spacial score (nSPS) is 15.8. The zero-order valence-corrected chi connectivity index (χ0v) is 14.9. The van der Waals surface area contributed by atoms with Gasteiger partial charge in [0.25, 0.3) is 5.91 Å². The first-order valence-corrected chi connectivity index (χ1v) is 8.96. The smallest absolute Gasteiger partial charge is 0.433 e. The molecule has 1 saturated heterocycles. The number of alkyl halides is 3. The number of fused-ring (bicyclic) bond motifs is 1. The van der Waals surface area contributed by atoms with Gasteiger partial charge in [0.2, 0.25) is 0 Å². The summed E-state index contributed by atoms with van der Waals surface area (Å²) in [6.07, 6.45) is -0.715. The van der Waals surface area contributed by atoms with E-state index in [-0.39, 0.29) is 17.8 Å². The van der Waals surface area contributed by atoms with Gasteiger partial charge in [-0.1, -0.05) is 6.07 Å². The molecule has 0 radical (unpaired) electrons. The van der Waals surface area contributed by atoms with Gasteiger partial charge in [-0.2, -0.15) is 13.2 Å². The Morgan fingerprint density at radius 1 is 1.14 bits per heavy atom. The average molecular weight is 389 g/mol. The maximum absolute atomic E-state index is 12.8. The number of hydrogen-bond donors (Lipinski definition) is 1. The molecule has 1 aliphatic rings. The number of aromatic nitrogens is 2. The van der Waals surface area contributed by atoms with Crippen LogP contribution in [0.4, 0.5) is 13.2 Å². The van der Waals surface area contributed by atoms with E-state index in [0.29, 0.717) is 31.5 Å². The van der Waals surface area contributed by atoms with Crippen LogP contribution in [0, 0.1) is 0 Å². The molecule has 0 spiro atoms. The minimum atomic E-state index is -4.50. The summed E-state index contributed by atoms with van der Waals surface area (Å²) >= 11 is 0. The topological polar surface area (TPSA) is 58.2 Å². The number of likely N-dealkylation sites (tertiary alicyclic amines) is 1. The number of rotatable bonds is 3. The van der Waals surface area contributed by atoms with Crippen LogP contribution >= 0.6 is 0 Å². The highest BCUT2D eigenvalue weighted by Gasteiger charge is 2.33. The molecule has 0 bridgehead atoms. The fourth-order valence-electron chi connectivity index (χ4n) is 3.37. The number of H-pyrrole nitrogens is 1. The van der Waals surface area contributed by atoms with E-state index in [1.165, 1.54) is 6.07 Å². The Balaban J connectivity index is 1.37. The van der Waals surface area contributed by atoms with E-state index < -0.39 is 11.9 Å². The van der Waals surface area contributed by atoms with Crippen LogP contribution in [0.5, 0.6) is 5.75 Å². The number of benzene rings is 1. The maximum atomic E-state index is 12.8. The van der Waals surface area contributed by atoms with Crippen molar-refractivity contribution in [3.63, 3.8) is 0 Å². The summed E-state index contributed by atoms with van der Waals surface area (Å²) in [5.41, 5.74) is 0.540. The molecule has 146 valence electrons. The van der Waals surface area contributed by atoms with Crippen molar-refractivity contribution in [2.75, 3.05) is 13.1 Å². The first kappa shape index (κ1) is 18.3. The summed E-state index contributed by atoms with van der Waals surface area (Å²) in [5.74, 6) is 0.0857. The van der Waals surface area contributed by atoms with Gasteiger partial charge in [-0.15, -0.1) is 0 Å². The van der Waals surface area contributed by atoms with Crippen molar-refractivity contribution in [3.05, 3.63) is 60.0 Å². The van der Waals surface area contributed by atoms with Gasteiger partial charge in [-0.3, -0.25) is 9.78 Å². The molecule has 3 aromatic rings. The van der Waals surface area contributed by atoms with Crippen LogP contribution < -0.4 is 4.74 Å². The molecule has 0 aliphatic carbocycles. The van der Waals surface area contributed by atoms with E-state index in [4.69, 9.17) is 4.74 Å². The van der Waals surface area contributed by atoms with Crippen molar-refractivity contribution >= 4 is 16.8 Å². The molecule has 1 aromatic carbocycles. The number of piperidine rings is 1. The molecule has 28 heavy (non-hydrogen) atoms. The predicted molar refractivity (Wildman–Crippen MR) is 97.1 cm³/mol. The van der Waals surface area contributed by atoms with E-state index >= 15 is 0 Å². The number of ether oxygens (including phenoxy) is 1. The van der Waals surface area contributed by atoms with E-state index in [1.807, 2.05) is 24.4 Å². The quantitative estimate of drug-likeness (QED) is 0.728. The largest absolute Gasteiger partial charge is 0.490 e. The summed E-state index contributed by atoms with van der Waals surface area (Å²) in [5, 5.41) is 1.04. The lowest BCUT2D eigenvalue weighted by molar-refractivity contribution is -0.141. The molecule has 1 aliphatic heterocycles. The van der Waals surface area contributed by atoms with Gasteiger partial charge >= 0.3 is 6.18 Å². The number of pyridine rings is 1. The lowest BCUT2D eigenvalue weighted by Gasteiger charge is -2.32. The second kappa shape index (κ2) is 7.18. The number of halogens is 3. The molecule has 4 rings (SSSR count). The molecule has 1 fully saturated rings. The minimum Gasteiger partial charge on any atom is -0.490 e. The van der Waals surface area contributed by atoms with Gasteiger partial charge in [-0.05, 0) is 29.7 Å². The predicted octanol–water partition coefficient (Wildman–Crippen LogP) is 4.27. The summed E-state index contributed by atoms with van der Waals surface area (Å²) in [7, 11) is 0. The van der Waals surface area contributed by atoms with Crippen molar-refractivity contribution in [2.45, 2.75) is 25.1 Å². The van der Waals surface area contributed by atoms with Crippen molar-refractivity contribution in [1.82, 2.24) is 14.9 Å². The monoisotopic (exact) mass is 389 g/mol. The van der Waals surface area contributed by atoms with Crippen LogP contribution in [0.2, 0.25) is 0 Å². The van der Waals surface area contributed by atoms with E-state index in [9.17, 15) is 18.0 Å². The minimum absolute atomic E-state index is 0.0572. The molecule has 0 saturated carbocycles. The summed E-state index contributed by atoms with van der Waals surface area (Å²) in [6.45, 7) is 0.979. The van der Waals surface area contributed by atoms with Gasteiger partial charge in [0.05, 0.1) is 0 Å². The molecular weight excluding hydrogens is 371 g/mol. The van der Waals surface area contributed by atoms with Crippen LogP contribution in [0.3, 0.4) is 0 Å². The third-order valence-corrected chi connectivity index (χ3v) is 4.86. The third-order valence-electron chi connectivity index (χ3n) is 4.86. The lowest BCUT2D eigenvalue weighted by Crippen LogP contribution is -2.41. The Morgan fingerprint density at radius 2 is 1.93 bits per heavy atom. The average Bonchev–Trinajstić information content (AvgIpc) is 3.15. The summed E-state index contributed by atoms with van der Waals surface area (Å²) in [4.78, 5) is 20.9. The van der Waals surface area contributed by atoms with Crippen molar-refractivity contribution < 1.29 is 22.7 Å². The van der Waals surface area contributed by atoms with E-state index in [2.05, 4.69) is 9.97 Å². The highest BCUT2D eigenvalue weighted by atomic mass is 19.4. The summed E-state index contributed by atoms with van der Waals surface area (Å²) < 4.78 is 44.0. The molecule has 5 nitrogen and oxygen atoms in total. The van der Waals surface area contributed by atoms with Crippen molar-refractivity contribution in [3.8, 4) is 5.75 Å². The van der Waals surface area contributed by atoms with Crippen LogP contribution in [-0.4, -0.2) is 40.0 Å². The number of hydrogen-bond acceptors (Lipinski definition) is 3. The van der Waals surface area contributed by atoms with Crippen molar-refractivity contribution in [1.29, 1.82) is 0 Å². The fraction of sp³-hybridized carbons (Fsp3) is 0.300. The number of amides is 1. The lowest BCUT2D eigenvalue weighted by atomic mass is 10.1. The van der Waals surface area contributed by atoms with Crippen molar-refractivity contribution in [2.24, 2.45) is 0 Å². The van der Waals surface area contributed by atoms with Gasteiger partial charge < -0.3 is 14.6 Å². The molecule has 0 atom stereocenters. The number of carbonyl (C=O) groups excluding carboxylic acids is 1. The third kappa shape index (κ3) is 3.81. The SMILES string of the molecule is O=C(c1ccc2cc[nH]c2c1)N1CCC(Oc2ccnc(C(F)(F)F)c2)CC1.